The highest BCUT2D eigenvalue weighted by atomic mass is 14.9. The van der Waals surface area contributed by atoms with Crippen LogP contribution in [0.2, 0.25) is 0 Å². The molecule has 13 aromatic rings. The van der Waals surface area contributed by atoms with Crippen molar-refractivity contribution < 1.29 is 0 Å². The van der Waals surface area contributed by atoms with Gasteiger partial charge < -0.3 is 0 Å². The fraction of sp³-hybridized carbons (Fsp3) is 0. The fourth-order valence-corrected chi connectivity index (χ4v) is 10.2. The Hall–Kier alpha value is -8.98. The Labute approximate surface area is 395 Å². The van der Waals surface area contributed by atoms with Crippen molar-refractivity contribution in [1.82, 2.24) is 9.97 Å². The first kappa shape index (κ1) is 39.4. The summed E-state index contributed by atoms with van der Waals surface area (Å²) in [6, 6.07) is 92.0. The molecule has 0 saturated heterocycles. The van der Waals surface area contributed by atoms with Gasteiger partial charge >= 0.3 is 0 Å². The Balaban J connectivity index is 0.856. The van der Waals surface area contributed by atoms with Crippen LogP contribution < -0.4 is 0 Å². The summed E-state index contributed by atoms with van der Waals surface area (Å²) >= 11 is 0. The maximum atomic E-state index is 5.16. The zero-order chi connectivity index (χ0) is 45.0. The van der Waals surface area contributed by atoms with Crippen molar-refractivity contribution >= 4 is 53.9 Å². The number of hydrogen-bond donors (Lipinski definition) is 0. The van der Waals surface area contributed by atoms with E-state index >= 15 is 0 Å². The molecule has 0 aliphatic rings. The average molecular weight is 863 g/mol. The maximum Gasteiger partial charge on any atom is 0.160 e. The molecule has 0 aliphatic heterocycles. The second-order valence-electron chi connectivity index (χ2n) is 17.7. The van der Waals surface area contributed by atoms with E-state index in [2.05, 4.69) is 237 Å². The van der Waals surface area contributed by atoms with Crippen LogP contribution >= 0.6 is 0 Å². The van der Waals surface area contributed by atoms with E-state index in [1.54, 1.807) is 0 Å². The van der Waals surface area contributed by atoms with E-state index in [4.69, 9.17) is 9.97 Å². The molecule has 0 saturated carbocycles. The molecular formula is C66H42N2. The zero-order valence-electron chi connectivity index (χ0n) is 37.1. The standard InChI is InChI=1S/C66H42N2/c1-3-15-48(16-4-1)63-58-21-11-12-22-59(58)64(65-57-20-10-9-14-46(57)37-38-60(63)65)49-30-25-45(26-31-49)53-33-34-55-41-56(36-35-54(55)40-53)62-42-61(67-66(68-62)50-17-5-2-6-18-50)47-28-23-44(24-29-47)52-32-27-43-13-7-8-19-51(43)39-52/h1-42H. The average Bonchev–Trinajstić information content (AvgIpc) is 3.42. The molecule has 0 N–H and O–H groups in total. The maximum absolute atomic E-state index is 5.16. The first-order valence-electron chi connectivity index (χ1n) is 23.3. The molecule has 12 aromatic carbocycles. The third-order valence-electron chi connectivity index (χ3n) is 13.6. The minimum atomic E-state index is 0.705. The number of fused-ring (bicyclic) bond motifs is 6. The Kier molecular flexibility index (Phi) is 9.54. The van der Waals surface area contributed by atoms with Gasteiger partial charge in [0.2, 0.25) is 0 Å². The number of benzene rings is 12. The number of hydrogen-bond acceptors (Lipinski definition) is 2. The van der Waals surface area contributed by atoms with Crippen LogP contribution in [-0.4, -0.2) is 9.97 Å². The Morgan fingerprint density at radius 3 is 1.28 bits per heavy atom. The lowest BCUT2D eigenvalue weighted by atomic mass is 9.84. The highest BCUT2D eigenvalue weighted by molar-refractivity contribution is 6.28. The van der Waals surface area contributed by atoms with E-state index in [0.29, 0.717) is 5.82 Å². The van der Waals surface area contributed by atoms with Gasteiger partial charge in [-0.05, 0) is 123 Å². The van der Waals surface area contributed by atoms with Crippen LogP contribution in [0.25, 0.3) is 132 Å². The highest BCUT2D eigenvalue weighted by Crippen LogP contribution is 2.46. The summed E-state index contributed by atoms with van der Waals surface area (Å²) in [6.45, 7) is 0. The second-order valence-corrected chi connectivity index (χ2v) is 17.7. The Morgan fingerprint density at radius 2 is 0.618 bits per heavy atom. The van der Waals surface area contributed by atoms with Crippen molar-refractivity contribution in [3.63, 3.8) is 0 Å². The Morgan fingerprint density at radius 1 is 0.206 bits per heavy atom. The molecule has 0 spiro atoms. The van der Waals surface area contributed by atoms with Gasteiger partial charge in [0.05, 0.1) is 11.4 Å². The molecule has 0 bridgehead atoms. The molecule has 13 rings (SSSR count). The van der Waals surface area contributed by atoms with E-state index in [1.807, 2.05) is 18.2 Å². The van der Waals surface area contributed by atoms with Crippen LogP contribution in [0.1, 0.15) is 0 Å². The van der Waals surface area contributed by atoms with E-state index < -0.39 is 0 Å². The monoisotopic (exact) mass is 862 g/mol. The molecule has 0 aliphatic carbocycles. The number of aromatic nitrogens is 2. The SMILES string of the molecule is c1ccc(-c2nc(-c3ccc(-c4ccc5ccccc5c4)cc3)cc(-c3ccc4cc(-c5ccc(-c6c7ccccc7c(-c7ccccc7)c7ccc8ccccc8c67)cc5)ccc4c3)n2)cc1. The third kappa shape index (κ3) is 6.99. The zero-order valence-corrected chi connectivity index (χ0v) is 37.1. The van der Waals surface area contributed by atoms with E-state index in [1.165, 1.54) is 93.0 Å². The van der Waals surface area contributed by atoms with Crippen LogP contribution in [-0.2, 0) is 0 Å². The van der Waals surface area contributed by atoms with Crippen molar-refractivity contribution in [3.8, 4) is 78.4 Å². The summed E-state index contributed by atoms with van der Waals surface area (Å²) in [7, 11) is 0. The molecule has 1 aromatic heterocycles. The van der Waals surface area contributed by atoms with Crippen molar-refractivity contribution in [2.24, 2.45) is 0 Å². The van der Waals surface area contributed by atoms with Crippen molar-refractivity contribution in [1.29, 1.82) is 0 Å². The lowest BCUT2D eigenvalue weighted by molar-refractivity contribution is 1.18. The molecule has 0 radical (unpaired) electrons. The van der Waals surface area contributed by atoms with Gasteiger partial charge in [0.25, 0.3) is 0 Å². The molecule has 2 heteroatoms. The van der Waals surface area contributed by atoms with Gasteiger partial charge in [-0.25, -0.2) is 9.97 Å². The van der Waals surface area contributed by atoms with Gasteiger partial charge in [-0.2, -0.15) is 0 Å². The van der Waals surface area contributed by atoms with Crippen LogP contribution in [0.3, 0.4) is 0 Å². The molecule has 1 heterocycles. The molecule has 316 valence electrons. The minimum Gasteiger partial charge on any atom is -0.228 e. The molecular weight excluding hydrogens is 821 g/mol. The summed E-state index contributed by atoms with van der Waals surface area (Å²) < 4.78 is 0. The summed E-state index contributed by atoms with van der Waals surface area (Å²) in [5.74, 6) is 0.705. The number of nitrogens with zero attached hydrogens (tertiary/aromatic N) is 2. The first-order valence-corrected chi connectivity index (χ1v) is 23.3. The van der Waals surface area contributed by atoms with Gasteiger partial charge in [-0.15, -0.1) is 0 Å². The normalized spacial score (nSPS) is 11.5. The Bertz CT molecular complexity index is 4040. The van der Waals surface area contributed by atoms with Gasteiger partial charge in [0, 0.05) is 16.7 Å². The van der Waals surface area contributed by atoms with Crippen molar-refractivity contribution in [3.05, 3.63) is 255 Å². The largest absolute Gasteiger partial charge is 0.228 e. The van der Waals surface area contributed by atoms with Crippen LogP contribution in [0.4, 0.5) is 0 Å². The van der Waals surface area contributed by atoms with Crippen molar-refractivity contribution in [2.75, 3.05) is 0 Å². The molecule has 2 nitrogen and oxygen atoms in total. The summed E-state index contributed by atoms with van der Waals surface area (Å²) in [5.41, 5.74) is 14.6. The third-order valence-corrected chi connectivity index (χ3v) is 13.6. The lowest BCUT2D eigenvalue weighted by Gasteiger charge is -2.19. The van der Waals surface area contributed by atoms with E-state index in [0.717, 1.165) is 33.5 Å². The van der Waals surface area contributed by atoms with Crippen LogP contribution in [0.5, 0.6) is 0 Å². The minimum absolute atomic E-state index is 0.705. The smallest absolute Gasteiger partial charge is 0.160 e. The van der Waals surface area contributed by atoms with Gasteiger partial charge in [-0.3, -0.25) is 0 Å². The van der Waals surface area contributed by atoms with Crippen LogP contribution in [0, 0.1) is 0 Å². The molecule has 0 fully saturated rings. The molecule has 0 unspecified atom stereocenters. The van der Waals surface area contributed by atoms with E-state index in [-0.39, 0.29) is 0 Å². The quantitative estimate of drug-likeness (QED) is 0.118. The predicted molar refractivity (Wildman–Crippen MR) is 288 cm³/mol. The van der Waals surface area contributed by atoms with Gasteiger partial charge in [0.15, 0.2) is 5.82 Å². The fourth-order valence-electron chi connectivity index (χ4n) is 10.2. The highest BCUT2D eigenvalue weighted by Gasteiger charge is 2.19. The first-order chi connectivity index (χ1) is 33.7. The van der Waals surface area contributed by atoms with Gasteiger partial charge in [-0.1, -0.05) is 231 Å². The summed E-state index contributed by atoms with van der Waals surface area (Å²) in [6.07, 6.45) is 0. The second kappa shape index (κ2) is 16.5. The van der Waals surface area contributed by atoms with Crippen molar-refractivity contribution in [2.45, 2.75) is 0 Å². The van der Waals surface area contributed by atoms with E-state index in [9.17, 15) is 0 Å². The summed E-state index contributed by atoms with van der Waals surface area (Å²) in [5, 5.41) is 12.4. The molecule has 68 heavy (non-hydrogen) atoms. The predicted octanol–water partition coefficient (Wildman–Crippen LogP) is 17.9. The van der Waals surface area contributed by atoms with Crippen LogP contribution in [0.15, 0.2) is 255 Å². The molecule has 0 atom stereocenters. The number of rotatable bonds is 7. The molecule has 0 amide bonds. The lowest BCUT2D eigenvalue weighted by Crippen LogP contribution is -1.96. The summed E-state index contributed by atoms with van der Waals surface area (Å²) in [4.78, 5) is 10.3. The van der Waals surface area contributed by atoms with Gasteiger partial charge in [0.1, 0.15) is 0 Å². The topological polar surface area (TPSA) is 25.8 Å².